The molecule has 0 saturated heterocycles. The van der Waals surface area contributed by atoms with Gasteiger partial charge in [0.25, 0.3) is 5.91 Å². The lowest BCUT2D eigenvalue weighted by molar-refractivity contribution is -0.112. The number of nitriles is 1. The van der Waals surface area contributed by atoms with Gasteiger partial charge in [-0.1, -0.05) is 17.7 Å². The normalized spacial score (nSPS) is 10.9. The second-order valence-corrected chi connectivity index (χ2v) is 5.76. The fourth-order valence-corrected chi connectivity index (χ4v) is 2.48. The second-order valence-electron chi connectivity index (χ2n) is 4.44. The minimum absolute atomic E-state index is 0.104. The van der Waals surface area contributed by atoms with Gasteiger partial charge in [0, 0.05) is 15.4 Å². The van der Waals surface area contributed by atoms with Gasteiger partial charge in [0.15, 0.2) is 0 Å². The third-order valence-electron chi connectivity index (χ3n) is 2.72. The molecule has 0 atom stereocenters. The first-order chi connectivity index (χ1) is 9.58. The summed E-state index contributed by atoms with van der Waals surface area (Å²) in [4.78, 5) is 14.1. The highest BCUT2D eigenvalue weighted by molar-refractivity contribution is 7.12. The summed E-state index contributed by atoms with van der Waals surface area (Å²) in [6.45, 7) is 3.96. The lowest BCUT2D eigenvalue weighted by Gasteiger charge is -2.04. The highest BCUT2D eigenvalue weighted by Gasteiger charge is 2.09. The maximum absolute atomic E-state index is 12.0. The molecule has 1 aromatic heterocycles. The van der Waals surface area contributed by atoms with Crippen molar-refractivity contribution in [3.05, 3.63) is 57.3 Å². The number of nitrogens with zero attached hydrogens (tertiary/aromatic N) is 1. The van der Waals surface area contributed by atoms with Crippen molar-refractivity contribution >= 4 is 29.0 Å². The molecular formula is C16H14N2OS. The van der Waals surface area contributed by atoms with E-state index in [1.807, 2.05) is 56.3 Å². The Morgan fingerprint density at radius 1 is 1.20 bits per heavy atom. The Balaban J connectivity index is 2.16. The highest BCUT2D eigenvalue weighted by Crippen LogP contribution is 2.19. The van der Waals surface area contributed by atoms with Crippen LogP contribution in [0, 0.1) is 25.2 Å². The highest BCUT2D eigenvalue weighted by atomic mass is 32.1. The average Bonchev–Trinajstić information content (AvgIpc) is 2.84. The van der Waals surface area contributed by atoms with Crippen LogP contribution in [0.4, 0.5) is 5.69 Å². The van der Waals surface area contributed by atoms with E-state index in [9.17, 15) is 4.79 Å². The SMILES string of the molecule is Cc1ccc(NC(=O)/C(C#N)=C/c2ccc(C)s2)cc1. The Morgan fingerprint density at radius 3 is 2.45 bits per heavy atom. The number of rotatable bonds is 3. The topological polar surface area (TPSA) is 52.9 Å². The molecule has 0 spiro atoms. The summed E-state index contributed by atoms with van der Waals surface area (Å²) in [6, 6.07) is 13.3. The zero-order valence-corrected chi connectivity index (χ0v) is 12.1. The Hall–Kier alpha value is -2.38. The number of thiophene rings is 1. The lowest BCUT2D eigenvalue weighted by Crippen LogP contribution is -2.13. The molecule has 0 unspecified atom stereocenters. The Kier molecular flexibility index (Phi) is 4.34. The molecule has 0 radical (unpaired) electrons. The van der Waals surface area contributed by atoms with Crippen molar-refractivity contribution in [1.29, 1.82) is 5.26 Å². The summed E-state index contributed by atoms with van der Waals surface area (Å²) in [5.41, 5.74) is 1.91. The minimum Gasteiger partial charge on any atom is -0.321 e. The number of aryl methyl sites for hydroxylation is 2. The first-order valence-electron chi connectivity index (χ1n) is 6.15. The number of hydrogen-bond acceptors (Lipinski definition) is 3. The third kappa shape index (κ3) is 3.56. The van der Waals surface area contributed by atoms with Gasteiger partial charge in [-0.15, -0.1) is 11.3 Å². The van der Waals surface area contributed by atoms with Crippen molar-refractivity contribution in [3.63, 3.8) is 0 Å². The molecule has 4 heteroatoms. The van der Waals surface area contributed by atoms with E-state index in [0.717, 1.165) is 15.3 Å². The van der Waals surface area contributed by atoms with Crippen LogP contribution in [-0.4, -0.2) is 5.91 Å². The first kappa shape index (κ1) is 14.0. The lowest BCUT2D eigenvalue weighted by atomic mass is 10.2. The predicted octanol–water partition coefficient (Wildman–Crippen LogP) is 3.91. The van der Waals surface area contributed by atoms with Crippen molar-refractivity contribution in [2.45, 2.75) is 13.8 Å². The van der Waals surface area contributed by atoms with E-state index in [-0.39, 0.29) is 11.5 Å². The molecule has 1 amide bonds. The van der Waals surface area contributed by atoms with Gasteiger partial charge in [-0.25, -0.2) is 0 Å². The molecule has 1 N–H and O–H groups in total. The van der Waals surface area contributed by atoms with Gasteiger partial charge in [-0.3, -0.25) is 4.79 Å². The molecule has 0 aliphatic rings. The van der Waals surface area contributed by atoms with E-state index in [0.29, 0.717) is 5.69 Å². The van der Waals surface area contributed by atoms with Crippen LogP contribution < -0.4 is 5.32 Å². The van der Waals surface area contributed by atoms with Crippen LogP contribution in [0.25, 0.3) is 6.08 Å². The number of amides is 1. The van der Waals surface area contributed by atoms with Gasteiger partial charge >= 0.3 is 0 Å². The average molecular weight is 282 g/mol. The van der Waals surface area contributed by atoms with Crippen molar-refractivity contribution in [3.8, 4) is 6.07 Å². The maximum atomic E-state index is 12.0. The smallest absolute Gasteiger partial charge is 0.266 e. The van der Waals surface area contributed by atoms with Crippen LogP contribution in [0.15, 0.2) is 42.0 Å². The van der Waals surface area contributed by atoms with Crippen LogP contribution >= 0.6 is 11.3 Å². The van der Waals surface area contributed by atoms with Crippen LogP contribution in [-0.2, 0) is 4.79 Å². The fourth-order valence-electron chi connectivity index (χ4n) is 1.66. The summed E-state index contributed by atoms with van der Waals surface area (Å²) in [7, 11) is 0. The molecule has 0 aliphatic heterocycles. The molecule has 100 valence electrons. The van der Waals surface area contributed by atoms with E-state index in [2.05, 4.69) is 5.32 Å². The molecule has 2 rings (SSSR count). The molecule has 0 aliphatic carbocycles. The van der Waals surface area contributed by atoms with E-state index in [4.69, 9.17) is 5.26 Å². The Bertz CT molecular complexity index is 690. The number of hydrogen-bond donors (Lipinski definition) is 1. The first-order valence-corrected chi connectivity index (χ1v) is 6.96. The standard InChI is InChI=1S/C16H14N2OS/c1-11-3-6-14(7-4-11)18-16(19)13(10-17)9-15-8-5-12(2)20-15/h3-9H,1-2H3,(H,18,19)/b13-9+. The summed E-state index contributed by atoms with van der Waals surface area (Å²) < 4.78 is 0. The molecule has 3 nitrogen and oxygen atoms in total. The second kappa shape index (κ2) is 6.18. The minimum atomic E-state index is -0.387. The number of carbonyl (C=O) groups excluding carboxylic acids is 1. The molecule has 0 fully saturated rings. The molecule has 2 aromatic rings. The summed E-state index contributed by atoms with van der Waals surface area (Å²) in [5, 5.41) is 11.8. The van der Waals surface area contributed by atoms with Gasteiger partial charge in [-0.2, -0.15) is 5.26 Å². The van der Waals surface area contributed by atoms with Crippen LogP contribution in [0.3, 0.4) is 0 Å². The third-order valence-corrected chi connectivity index (χ3v) is 3.67. The molecule has 0 saturated carbocycles. The van der Waals surface area contributed by atoms with E-state index in [1.165, 1.54) is 0 Å². The van der Waals surface area contributed by atoms with Crippen LogP contribution in [0.2, 0.25) is 0 Å². The van der Waals surface area contributed by atoms with E-state index in [1.54, 1.807) is 17.4 Å². The Morgan fingerprint density at radius 2 is 1.90 bits per heavy atom. The molecule has 20 heavy (non-hydrogen) atoms. The number of anilines is 1. The van der Waals surface area contributed by atoms with Crippen molar-refractivity contribution in [1.82, 2.24) is 0 Å². The van der Waals surface area contributed by atoms with Crippen molar-refractivity contribution < 1.29 is 4.79 Å². The maximum Gasteiger partial charge on any atom is 0.266 e. The zero-order valence-electron chi connectivity index (χ0n) is 11.3. The van der Waals surface area contributed by atoms with Gasteiger partial charge in [0.05, 0.1) is 0 Å². The van der Waals surface area contributed by atoms with Gasteiger partial charge in [-0.05, 0) is 44.2 Å². The number of carbonyl (C=O) groups is 1. The summed E-state index contributed by atoms with van der Waals surface area (Å²) in [6.07, 6.45) is 1.61. The van der Waals surface area contributed by atoms with Crippen molar-refractivity contribution in [2.24, 2.45) is 0 Å². The van der Waals surface area contributed by atoms with Crippen LogP contribution in [0.1, 0.15) is 15.3 Å². The number of nitrogens with one attached hydrogen (secondary N) is 1. The number of benzene rings is 1. The van der Waals surface area contributed by atoms with E-state index < -0.39 is 0 Å². The summed E-state index contributed by atoms with van der Waals surface area (Å²) >= 11 is 1.55. The quantitative estimate of drug-likeness (QED) is 0.685. The molecule has 0 bridgehead atoms. The molecular weight excluding hydrogens is 268 g/mol. The van der Waals surface area contributed by atoms with Gasteiger partial charge in [0.1, 0.15) is 11.6 Å². The largest absolute Gasteiger partial charge is 0.321 e. The Labute approximate surface area is 122 Å². The van der Waals surface area contributed by atoms with Crippen LogP contribution in [0.5, 0.6) is 0 Å². The fraction of sp³-hybridized carbons (Fsp3) is 0.125. The molecule has 1 aromatic carbocycles. The van der Waals surface area contributed by atoms with Gasteiger partial charge < -0.3 is 5.32 Å². The van der Waals surface area contributed by atoms with Crippen molar-refractivity contribution in [2.75, 3.05) is 5.32 Å². The monoisotopic (exact) mass is 282 g/mol. The zero-order chi connectivity index (χ0) is 14.5. The van der Waals surface area contributed by atoms with E-state index >= 15 is 0 Å². The predicted molar refractivity (Wildman–Crippen MR) is 82.5 cm³/mol. The molecule has 1 heterocycles. The van der Waals surface area contributed by atoms with Gasteiger partial charge in [0.2, 0.25) is 0 Å². The summed E-state index contributed by atoms with van der Waals surface area (Å²) in [5.74, 6) is -0.387.